The molecule has 3 heterocycles. The topological polar surface area (TPSA) is 90.1 Å². The molecular formula is C16H19F3N6O. The highest BCUT2D eigenvalue weighted by Gasteiger charge is 2.36. The van der Waals surface area contributed by atoms with Crippen molar-refractivity contribution in [1.82, 2.24) is 19.4 Å². The molecular weight excluding hydrogens is 349 g/mol. The lowest BCUT2D eigenvalue weighted by Gasteiger charge is -2.34. The van der Waals surface area contributed by atoms with Crippen molar-refractivity contribution in [1.29, 1.82) is 5.41 Å². The van der Waals surface area contributed by atoms with Gasteiger partial charge in [-0.05, 0) is 18.9 Å². The lowest BCUT2D eigenvalue weighted by molar-refractivity contribution is -0.162. The molecule has 140 valence electrons. The molecule has 0 aliphatic carbocycles. The molecule has 0 bridgehead atoms. The summed E-state index contributed by atoms with van der Waals surface area (Å²) in [5.41, 5.74) is 1.37. The number of amides is 1. The summed E-state index contributed by atoms with van der Waals surface area (Å²) in [6, 6.07) is 1.76. The fraction of sp³-hybridized carbons (Fsp3) is 0.500. The van der Waals surface area contributed by atoms with Gasteiger partial charge in [0, 0.05) is 32.3 Å². The van der Waals surface area contributed by atoms with Crippen molar-refractivity contribution in [2.45, 2.75) is 25.4 Å². The van der Waals surface area contributed by atoms with Gasteiger partial charge in [0.2, 0.25) is 5.91 Å². The summed E-state index contributed by atoms with van der Waals surface area (Å²) >= 11 is 0. The Bertz CT molecular complexity index is 897. The summed E-state index contributed by atoms with van der Waals surface area (Å²) in [6.07, 6.45) is -1.62. The summed E-state index contributed by atoms with van der Waals surface area (Å²) in [5, 5.41) is 8.17. The third kappa shape index (κ3) is 3.63. The number of hydrogen-bond donors (Lipinski definition) is 2. The summed E-state index contributed by atoms with van der Waals surface area (Å²) in [4.78, 5) is 24.6. The Morgan fingerprint density at radius 1 is 1.50 bits per heavy atom. The first-order valence-corrected chi connectivity index (χ1v) is 8.21. The van der Waals surface area contributed by atoms with E-state index in [0.717, 1.165) is 0 Å². The zero-order valence-corrected chi connectivity index (χ0v) is 14.2. The second kappa shape index (κ2) is 6.93. The predicted octanol–water partition coefficient (Wildman–Crippen LogP) is 1.91. The Hall–Kier alpha value is -2.65. The number of carbonyl (C=O) groups is 1. The number of aromatic amines is 1. The van der Waals surface area contributed by atoms with Gasteiger partial charge in [0.15, 0.2) is 5.65 Å². The summed E-state index contributed by atoms with van der Waals surface area (Å²) in [7, 11) is 1.58. The van der Waals surface area contributed by atoms with Crippen LogP contribution in [-0.4, -0.2) is 57.5 Å². The maximum atomic E-state index is 12.5. The highest BCUT2D eigenvalue weighted by molar-refractivity contribution is 5.94. The van der Waals surface area contributed by atoms with E-state index in [2.05, 4.69) is 15.0 Å². The normalized spacial score (nSPS) is 19.2. The first-order chi connectivity index (χ1) is 12.3. The molecule has 0 radical (unpaired) electrons. The van der Waals surface area contributed by atoms with E-state index in [9.17, 15) is 18.0 Å². The van der Waals surface area contributed by atoms with Gasteiger partial charge in [0.25, 0.3) is 0 Å². The van der Waals surface area contributed by atoms with Gasteiger partial charge in [-0.1, -0.05) is 0 Å². The zero-order valence-electron chi connectivity index (χ0n) is 14.2. The van der Waals surface area contributed by atoms with Gasteiger partial charge in [0.05, 0.1) is 11.7 Å². The molecule has 7 nitrogen and oxygen atoms in total. The van der Waals surface area contributed by atoms with Crippen LogP contribution in [0.1, 0.15) is 19.3 Å². The van der Waals surface area contributed by atoms with Crippen LogP contribution in [0.15, 0.2) is 23.5 Å². The van der Waals surface area contributed by atoms with Gasteiger partial charge in [0.1, 0.15) is 17.7 Å². The monoisotopic (exact) mass is 368 g/mol. The largest absolute Gasteiger partial charge is 0.397 e. The molecule has 1 fully saturated rings. The number of hydrogen-bond acceptors (Lipinski definition) is 4. The minimum absolute atomic E-state index is 0.122. The molecule has 2 aromatic rings. The van der Waals surface area contributed by atoms with E-state index in [-0.39, 0.29) is 18.0 Å². The first-order valence-electron chi connectivity index (χ1n) is 8.21. The van der Waals surface area contributed by atoms with Crippen molar-refractivity contribution in [3.8, 4) is 0 Å². The van der Waals surface area contributed by atoms with Crippen molar-refractivity contribution in [2.24, 2.45) is 10.9 Å². The maximum Gasteiger partial charge on any atom is 0.397 e. The number of nitrogens with zero attached hydrogens (tertiary/aromatic N) is 4. The van der Waals surface area contributed by atoms with Crippen LogP contribution in [0.25, 0.3) is 11.2 Å². The number of aliphatic imine (C=N–C) groups is 1. The van der Waals surface area contributed by atoms with Crippen molar-refractivity contribution in [3.05, 3.63) is 23.9 Å². The van der Waals surface area contributed by atoms with Crippen LogP contribution in [0.5, 0.6) is 0 Å². The number of likely N-dealkylation sites (tertiary alicyclic amines) is 1. The van der Waals surface area contributed by atoms with Crippen LogP contribution in [0.4, 0.5) is 13.2 Å². The Kier molecular flexibility index (Phi) is 4.84. The number of piperidine rings is 1. The number of H-pyrrole nitrogens is 1. The molecule has 1 aliphatic heterocycles. The Morgan fingerprint density at radius 2 is 2.27 bits per heavy atom. The lowest BCUT2D eigenvalue weighted by atomic mass is 9.96. The second-order valence-corrected chi connectivity index (χ2v) is 6.24. The van der Waals surface area contributed by atoms with Crippen molar-refractivity contribution >= 4 is 22.9 Å². The minimum Gasteiger partial charge on any atom is -0.345 e. The molecule has 3 rings (SSSR count). The zero-order chi connectivity index (χ0) is 18.9. The van der Waals surface area contributed by atoms with E-state index < -0.39 is 18.5 Å². The third-order valence-corrected chi connectivity index (χ3v) is 4.45. The van der Waals surface area contributed by atoms with Gasteiger partial charge in [-0.15, -0.1) is 0 Å². The number of aromatic nitrogens is 3. The number of nitrogens with one attached hydrogen (secondary N) is 2. The summed E-state index contributed by atoms with van der Waals surface area (Å²) in [5.74, 6) is -0.623. The van der Waals surface area contributed by atoms with E-state index in [1.165, 1.54) is 11.1 Å². The number of halogens is 3. The smallest absolute Gasteiger partial charge is 0.345 e. The van der Waals surface area contributed by atoms with Crippen molar-refractivity contribution < 1.29 is 18.0 Å². The molecule has 2 N–H and O–H groups in total. The second-order valence-electron chi connectivity index (χ2n) is 6.24. The summed E-state index contributed by atoms with van der Waals surface area (Å²) < 4.78 is 39.2. The number of fused-ring (bicyclic) bond motifs is 1. The van der Waals surface area contributed by atoms with Crippen LogP contribution in [0.3, 0.4) is 0 Å². The molecule has 26 heavy (non-hydrogen) atoms. The number of rotatable bonds is 2. The van der Waals surface area contributed by atoms with Gasteiger partial charge < -0.3 is 9.88 Å². The molecule has 2 aromatic heterocycles. The van der Waals surface area contributed by atoms with Crippen molar-refractivity contribution in [2.75, 3.05) is 20.1 Å². The predicted molar refractivity (Wildman–Crippen MR) is 88.7 cm³/mol. The van der Waals surface area contributed by atoms with Crippen LogP contribution < -0.4 is 5.49 Å². The minimum atomic E-state index is -4.52. The number of carbonyl (C=O) groups excluding carboxylic acids is 1. The van der Waals surface area contributed by atoms with Gasteiger partial charge in [-0.25, -0.2) is 4.98 Å². The molecule has 10 heteroatoms. The quantitative estimate of drug-likeness (QED) is 0.626. The molecule has 1 saturated heterocycles. The molecule has 0 spiro atoms. The molecule has 1 aliphatic rings. The van der Waals surface area contributed by atoms with Crippen LogP contribution in [0.2, 0.25) is 0 Å². The first kappa shape index (κ1) is 18.2. The Labute approximate surface area is 147 Å². The Balaban J connectivity index is 1.89. The molecule has 0 unspecified atom stereocenters. The standard InChI is InChI=1S/C16H19F3N6O/c1-21-15(25-11-4-5-22-14(11)23-8-12(25)20)10-3-2-6-24(9-10)13(26)7-16(17,18)19/h4-5,8,10,20,22H,2-3,6-7,9H2,1H3/t10-/m1/s1. The van der Waals surface area contributed by atoms with Crippen molar-refractivity contribution in [3.63, 3.8) is 0 Å². The van der Waals surface area contributed by atoms with Gasteiger partial charge in [-0.3, -0.25) is 19.8 Å². The third-order valence-electron chi connectivity index (χ3n) is 4.45. The average Bonchev–Trinajstić information content (AvgIpc) is 3.05. The molecule has 1 amide bonds. The van der Waals surface area contributed by atoms with Gasteiger partial charge in [-0.2, -0.15) is 13.2 Å². The van der Waals surface area contributed by atoms with E-state index >= 15 is 0 Å². The van der Waals surface area contributed by atoms with E-state index in [1.807, 2.05) is 0 Å². The molecule has 0 aromatic carbocycles. The molecule has 1 atom stereocenters. The van der Waals surface area contributed by atoms with Gasteiger partial charge >= 0.3 is 6.18 Å². The average molecular weight is 368 g/mol. The highest BCUT2D eigenvalue weighted by Crippen LogP contribution is 2.25. The van der Waals surface area contributed by atoms with Crippen LogP contribution in [0, 0.1) is 11.3 Å². The van der Waals surface area contributed by atoms with Crippen LogP contribution >= 0.6 is 0 Å². The fourth-order valence-electron chi connectivity index (χ4n) is 3.36. The Morgan fingerprint density at radius 3 is 2.96 bits per heavy atom. The lowest BCUT2D eigenvalue weighted by Crippen LogP contribution is -2.46. The SMILES string of the molecule is CN=C([C@@H]1CCCN(C(=O)CC(F)(F)F)C1)n1c(=N)cnc2[nH]ccc21. The van der Waals surface area contributed by atoms with E-state index in [4.69, 9.17) is 5.41 Å². The fourth-order valence-corrected chi connectivity index (χ4v) is 3.36. The summed E-state index contributed by atoms with van der Waals surface area (Å²) in [6.45, 7) is 0.457. The number of alkyl halides is 3. The van der Waals surface area contributed by atoms with E-state index in [1.54, 1.807) is 23.9 Å². The highest BCUT2D eigenvalue weighted by atomic mass is 19.4. The van der Waals surface area contributed by atoms with E-state index in [0.29, 0.717) is 36.4 Å². The molecule has 0 saturated carbocycles. The van der Waals surface area contributed by atoms with Crippen LogP contribution in [-0.2, 0) is 4.79 Å². The maximum absolute atomic E-state index is 12.5.